The lowest BCUT2D eigenvalue weighted by Crippen LogP contribution is -1.93. The molecule has 0 aliphatic heterocycles. The van der Waals surface area contributed by atoms with Crippen LogP contribution in [-0.4, -0.2) is 9.13 Å². The van der Waals surface area contributed by atoms with Crippen LogP contribution in [0, 0.1) is 0 Å². The van der Waals surface area contributed by atoms with Crippen LogP contribution in [-0.2, 0) is 0 Å². The Labute approximate surface area is 281 Å². The van der Waals surface area contributed by atoms with Crippen LogP contribution in [0.1, 0.15) is 0 Å². The van der Waals surface area contributed by atoms with Gasteiger partial charge in [-0.2, -0.15) is 0 Å². The van der Waals surface area contributed by atoms with E-state index in [2.05, 4.69) is 173 Å². The highest BCUT2D eigenvalue weighted by molar-refractivity contribution is 6.27. The van der Waals surface area contributed by atoms with Gasteiger partial charge >= 0.3 is 0 Å². The lowest BCUT2D eigenvalue weighted by Gasteiger charge is -2.14. The maximum Gasteiger partial charge on any atom is 0.143 e. The fraction of sp³-hybridized carbons (Fsp3) is 0. The zero-order valence-electron chi connectivity index (χ0n) is 26.5. The van der Waals surface area contributed by atoms with Crippen LogP contribution in [0.2, 0.25) is 0 Å². The fourth-order valence-electron chi connectivity index (χ4n) is 8.10. The molecular formula is C46H28N2O. The first-order valence-corrected chi connectivity index (χ1v) is 16.8. The Bertz CT molecular complexity index is 3090. The van der Waals surface area contributed by atoms with Crippen molar-refractivity contribution in [1.29, 1.82) is 0 Å². The number of fused-ring (bicyclic) bond motifs is 11. The van der Waals surface area contributed by atoms with Crippen molar-refractivity contribution in [1.82, 2.24) is 9.13 Å². The van der Waals surface area contributed by atoms with Crippen LogP contribution in [0.4, 0.5) is 0 Å². The number of rotatable bonds is 3. The average Bonchev–Trinajstić information content (AvgIpc) is 3.85. The van der Waals surface area contributed by atoms with E-state index in [0.717, 1.165) is 38.7 Å². The largest absolute Gasteiger partial charge is 0.455 e. The molecule has 0 aliphatic rings. The molecule has 3 aromatic heterocycles. The number of aromatic nitrogens is 2. The molecule has 0 aliphatic carbocycles. The maximum atomic E-state index is 6.72. The normalized spacial score (nSPS) is 12.1. The molecule has 3 heteroatoms. The Kier molecular flexibility index (Phi) is 5.38. The summed E-state index contributed by atoms with van der Waals surface area (Å²) in [4.78, 5) is 0. The van der Waals surface area contributed by atoms with Crippen LogP contribution in [0.15, 0.2) is 174 Å². The third kappa shape index (κ3) is 3.78. The van der Waals surface area contributed by atoms with Gasteiger partial charge in [0.25, 0.3) is 0 Å². The van der Waals surface area contributed by atoms with Gasteiger partial charge in [0.2, 0.25) is 0 Å². The molecule has 49 heavy (non-hydrogen) atoms. The Morgan fingerprint density at radius 1 is 0.408 bits per heavy atom. The predicted octanol–water partition coefficient (Wildman–Crippen LogP) is 12.6. The second kappa shape index (κ2) is 9.96. The Morgan fingerprint density at radius 2 is 1.12 bits per heavy atom. The van der Waals surface area contributed by atoms with Gasteiger partial charge in [0.1, 0.15) is 11.2 Å². The van der Waals surface area contributed by atoms with Crippen molar-refractivity contribution in [3.05, 3.63) is 170 Å². The highest BCUT2D eigenvalue weighted by Gasteiger charge is 2.19. The molecule has 0 saturated heterocycles. The Morgan fingerprint density at radius 3 is 1.98 bits per heavy atom. The Balaban J connectivity index is 1.25. The van der Waals surface area contributed by atoms with Gasteiger partial charge in [-0.05, 0) is 106 Å². The van der Waals surface area contributed by atoms with E-state index < -0.39 is 0 Å². The summed E-state index contributed by atoms with van der Waals surface area (Å²) >= 11 is 0. The molecule has 0 amide bonds. The van der Waals surface area contributed by atoms with Gasteiger partial charge in [0.05, 0.1) is 16.6 Å². The van der Waals surface area contributed by atoms with Gasteiger partial charge in [-0.25, -0.2) is 0 Å². The van der Waals surface area contributed by atoms with E-state index in [1.54, 1.807) is 0 Å². The van der Waals surface area contributed by atoms with Crippen LogP contribution in [0.25, 0.3) is 98.7 Å². The van der Waals surface area contributed by atoms with E-state index >= 15 is 0 Å². The predicted molar refractivity (Wildman–Crippen MR) is 205 cm³/mol. The molecule has 0 radical (unpaired) electrons. The molecule has 11 aromatic rings. The monoisotopic (exact) mass is 624 g/mol. The smallest absolute Gasteiger partial charge is 0.143 e. The number of para-hydroxylation sites is 4. The number of furan rings is 1. The molecule has 3 nitrogen and oxygen atoms in total. The fourth-order valence-corrected chi connectivity index (χ4v) is 8.10. The zero-order valence-corrected chi connectivity index (χ0v) is 26.5. The molecule has 8 aromatic carbocycles. The zero-order chi connectivity index (χ0) is 32.1. The lowest BCUT2D eigenvalue weighted by atomic mass is 9.91. The summed E-state index contributed by atoms with van der Waals surface area (Å²) in [6.45, 7) is 0. The third-order valence-electron chi connectivity index (χ3n) is 10.3. The highest BCUT2D eigenvalue weighted by Crippen LogP contribution is 2.44. The van der Waals surface area contributed by atoms with E-state index in [-0.39, 0.29) is 0 Å². The molecule has 0 bridgehead atoms. The average molecular weight is 625 g/mol. The molecule has 0 fully saturated rings. The first-order valence-electron chi connectivity index (χ1n) is 16.8. The van der Waals surface area contributed by atoms with Crippen molar-refractivity contribution in [3.63, 3.8) is 0 Å². The van der Waals surface area contributed by atoms with Crippen molar-refractivity contribution in [2.45, 2.75) is 0 Å². The topological polar surface area (TPSA) is 23.0 Å². The van der Waals surface area contributed by atoms with Crippen molar-refractivity contribution in [2.24, 2.45) is 0 Å². The van der Waals surface area contributed by atoms with Crippen molar-refractivity contribution in [3.8, 4) is 22.5 Å². The van der Waals surface area contributed by atoms with Gasteiger partial charge in [0, 0.05) is 49.9 Å². The van der Waals surface area contributed by atoms with Crippen LogP contribution in [0.5, 0.6) is 0 Å². The van der Waals surface area contributed by atoms with E-state index in [1.807, 2.05) is 6.07 Å². The van der Waals surface area contributed by atoms with E-state index in [0.29, 0.717) is 0 Å². The number of nitrogens with zero attached hydrogens (tertiary/aromatic N) is 2. The van der Waals surface area contributed by atoms with Crippen molar-refractivity contribution in [2.75, 3.05) is 0 Å². The SMILES string of the molecule is c1ccc(-n2ccc3cc4c(cc(-c5ccc6c(c5)c5ccccc5n6-c5ccccc5)c5ccc6c7ccccc7oc6c54)cc32)cc1. The highest BCUT2D eigenvalue weighted by atomic mass is 16.3. The van der Waals surface area contributed by atoms with Gasteiger partial charge in [-0.3, -0.25) is 0 Å². The Hall–Kier alpha value is -6.58. The summed E-state index contributed by atoms with van der Waals surface area (Å²) in [7, 11) is 0. The minimum atomic E-state index is 0.912. The molecule has 0 N–H and O–H groups in total. The van der Waals surface area contributed by atoms with Gasteiger partial charge < -0.3 is 13.6 Å². The lowest BCUT2D eigenvalue weighted by molar-refractivity contribution is 0.673. The molecule has 3 heterocycles. The van der Waals surface area contributed by atoms with E-state index in [9.17, 15) is 0 Å². The molecule has 228 valence electrons. The van der Waals surface area contributed by atoms with Crippen LogP contribution < -0.4 is 0 Å². The van der Waals surface area contributed by atoms with Gasteiger partial charge in [0.15, 0.2) is 0 Å². The quantitative estimate of drug-likeness (QED) is 0.179. The summed E-state index contributed by atoms with van der Waals surface area (Å²) in [5.41, 5.74) is 10.1. The second-order valence-corrected chi connectivity index (χ2v) is 13.0. The summed E-state index contributed by atoms with van der Waals surface area (Å²) in [5, 5.41) is 10.7. The minimum Gasteiger partial charge on any atom is -0.455 e. The summed E-state index contributed by atoms with van der Waals surface area (Å²) in [5.74, 6) is 0. The molecule has 11 rings (SSSR count). The minimum absolute atomic E-state index is 0.912. The number of hydrogen-bond acceptors (Lipinski definition) is 1. The molecule has 0 saturated carbocycles. The standard InChI is InChI=1S/C46H28N2O/c1-3-11-32(12-4-1)47-24-23-30-26-39-31(28-43(30)47)27-38(36-20-21-37-35-16-8-10-18-44(35)49-46(37)45(36)39)29-19-22-42-40(25-29)34-15-7-9-17-41(34)48(42)33-13-5-2-6-14-33/h1-28H. The summed E-state index contributed by atoms with van der Waals surface area (Å²) in [6.07, 6.45) is 2.18. The van der Waals surface area contributed by atoms with Crippen molar-refractivity contribution >= 4 is 76.2 Å². The number of hydrogen-bond donors (Lipinski definition) is 0. The molecule has 0 unspecified atom stereocenters. The third-order valence-corrected chi connectivity index (χ3v) is 10.3. The summed E-state index contributed by atoms with van der Waals surface area (Å²) in [6, 6.07) is 59.1. The van der Waals surface area contributed by atoms with Crippen LogP contribution >= 0.6 is 0 Å². The van der Waals surface area contributed by atoms with Crippen LogP contribution in [0.3, 0.4) is 0 Å². The van der Waals surface area contributed by atoms with E-state index in [1.165, 1.54) is 60.0 Å². The number of benzene rings is 8. The molecule has 0 atom stereocenters. The first-order chi connectivity index (χ1) is 24.3. The van der Waals surface area contributed by atoms with E-state index in [4.69, 9.17) is 4.42 Å². The molecule has 0 spiro atoms. The first kappa shape index (κ1) is 26.5. The van der Waals surface area contributed by atoms with Gasteiger partial charge in [-0.15, -0.1) is 0 Å². The molecular weight excluding hydrogens is 597 g/mol. The van der Waals surface area contributed by atoms with Gasteiger partial charge in [-0.1, -0.05) is 84.9 Å². The maximum absolute atomic E-state index is 6.72. The summed E-state index contributed by atoms with van der Waals surface area (Å²) < 4.78 is 11.4. The second-order valence-electron chi connectivity index (χ2n) is 13.0. The van der Waals surface area contributed by atoms with Crippen molar-refractivity contribution < 1.29 is 4.42 Å².